The minimum atomic E-state index is 0.199. The Balaban J connectivity index is 1.47. The number of nitriles is 1. The molecule has 1 aliphatic rings. The largest absolute Gasteiger partial charge is 0.381 e. The van der Waals surface area contributed by atoms with E-state index in [2.05, 4.69) is 55.4 Å². The van der Waals surface area contributed by atoms with Crippen molar-refractivity contribution in [3.05, 3.63) is 78.2 Å². The Kier molecular flexibility index (Phi) is 6.26. The number of anilines is 1. The fourth-order valence-electron chi connectivity index (χ4n) is 5.37. The molecule has 0 saturated carbocycles. The Morgan fingerprint density at radius 2 is 1.84 bits per heavy atom. The van der Waals surface area contributed by atoms with Crippen LogP contribution in [-0.2, 0) is 0 Å². The van der Waals surface area contributed by atoms with Crippen LogP contribution in [0.4, 0.5) is 5.69 Å². The minimum absolute atomic E-state index is 0.199. The molecule has 0 aliphatic carbocycles. The number of hydrogen-bond donors (Lipinski definition) is 1. The predicted molar refractivity (Wildman–Crippen MR) is 153 cm³/mol. The lowest BCUT2D eigenvalue weighted by atomic mass is 9.98. The van der Waals surface area contributed by atoms with Crippen molar-refractivity contribution in [2.24, 2.45) is 0 Å². The zero-order valence-electron chi connectivity index (χ0n) is 22.0. The first-order valence-corrected chi connectivity index (χ1v) is 13.2. The van der Waals surface area contributed by atoms with Gasteiger partial charge in [0.2, 0.25) is 0 Å². The lowest BCUT2D eigenvalue weighted by Crippen LogP contribution is -2.36. The van der Waals surface area contributed by atoms with Crippen LogP contribution in [0.1, 0.15) is 43.9 Å². The van der Waals surface area contributed by atoms with E-state index in [4.69, 9.17) is 15.1 Å². The van der Waals surface area contributed by atoms with Crippen LogP contribution in [-0.4, -0.2) is 50.8 Å². The maximum atomic E-state index is 9.80. The van der Waals surface area contributed by atoms with Gasteiger partial charge in [0.15, 0.2) is 5.65 Å². The summed E-state index contributed by atoms with van der Waals surface area (Å²) in [6, 6.07) is 21.0. The number of nitrogens with one attached hydrogen (secondary N) is 1. The van der Waals surface area contributed by atoms with Gasteiger partial charge in [-0.3, -0.25) is 4.98 Å². The molecule has 1 N–H and O–H groups in total. The summed E-state index contributed by atoms with van der Waals surface area (Å²) in [7, 11) is 2.15. The third-order valence-electron chi connectivity index (χ3n) is 7.49. The summed E-state index contributed by atoms with van der Waals surface area (Å²) in [5, 5.41) is 20.7. The molecular formula is C31H31N7. The second-order valence-corrected chi connectivity index (χ2v) is 10.5. The van der Waals surface area contributed by atoms with E-state index >= 15 is 0 Å². The van der Waals surface area contributed by atoms with Gasteiger partial charge < -0.3 is 10.2 Å². The molecule has 0 unspecified atom stereocenters. The summed E-state index contributed by atoms with van der Waals surface area (Å²) in [6.07, 6.45) is 5.89. The standard InChI is InChI=1S/C31H31N7/c1-20(2)30-29-26(23-16-21-6-4-5-7-27(21)34-19-23)10-13-33-31(29)38(36-30)25-9-8-22(18-32)28(17-25)35-24-11-14-37(3)15-12-24/h4-10,13,16-17,19-20,24,35H,11-12,14-15H2,1-3H3. The number of pyridine rings is 2. The van der Waals surface area contributed by atoms with Crippen molar-refractivity contribution >= 4 is 27.6 Å². The Labute approximate surface area is 222 Å². The Morgan fingerprint density at radius 1 is 1.03 bits per heavy atom. The first kappa shape index (κ1) is 24.1. The highest BCUT2D eigenvalue weighted by Gasteiger charge is 2.22. The molecule has 4 heterocycles. The van der Waals surface area contributed by atoms with Gasteiger partial charge in [-0.1, -0.05) is 32.0 Å². The number of fused-ring (bicyclic) bond motifs is 2. The fourth-order valence-corrected chi connectivity index (χ4v) is 5.37. The molecule has 3 aromatic heterocycles. The minimum Gasteiger partial charge on any atom is -0.381 e. The van der Waals surface area contributed by atoms with E-state index in [1.807, 2.05) is 53.5 Å². The van der Waals surface area contributed by atoms with Gasteiger partial charge in [0.1, 0.15) is 6.07 Å². The van der Waals surface area contributed by atoms with Crippen LogP contribution < -0.4 is 5.32 Å². The molecule has 7 nitrogen and oxygen atoms in total. The van der Waals surface area contributed by atoms with E-state index in [1.165, 1.54) is 0 Å². The van der Waals surface area contributed by atoms with Gasteiger partial charge in [-0.2, -0.15) is 10.4 Å². The van der Waals surface area contributed by atoms with Crippen molar-refractivity contribution in [3.8, 4) is 22.9 Å². The van der Waals surface area contributed by atoms with E-state index in [1.54, 1.807) is 0 Å². The molecule has 0 bridgehead atoms. The lowest BCUT2D eigenvalue weighted by Gasteiger charge is -2.30. The number of piperidine rings is 1. The van der Waals surface area contributed by atoms with E-state index in [0.717, 1.165) is 76.1 Å². The first-order chi connectivity index (χ1) is 18.5. The van der Waals surface area contributed by atoms with Crippen molar-refractivity contribution < 1.29 is 0 Å². The number of para-hydroxylation sites is 1. The zero-order chi connectivity index (χ0) is 26.2. The van der Waals surface area contributed by atoms with E-state index < -0.39 is 0 Å². The average molecular weight is 502 g/mol. The summed E-state index contributed by atoms with van der Waals surface area (Å²) >= 11 is 0. The van der Waals surface area contributed by atoms with Gasteiger partial charge in [-0.25, -0.2) is 9.67 Å². The number of benzene rings is 2. The number of likely N-dealkylation sites (tertiary alicyclic amines) is 1. The van der Waals surface area contributed by atoms with Crippen molar-refractivity contribution in [1.29, 1.82) is 5.26 Å². The summed E-state index contributed by atoms with van der Waals surface area (Å²) in [5.41, 5.74) is 7.26. The third kappa shape index (κ3) is 4.37. The van der Waals surface area contributed by atoms with Crippen molar-refractivity contribution in [2.45, 2.75) is 38.6 Å². The molecule has 1 saturated heterocycles. The van der Waals surface area contributed by atoms with Gasteiger partial charge in [-0.05, 0) is 80.9 Å². The summed E-state index contributed by atoms with van der Waals surface area (Å²) in [4.78, 5) is 11.8. The van der Waals surface area contributed by atoms with Crippen molar-refractivity contribution in [1.82, 2.24) is 24.6 Å². The molecule has 1 fully saturated rings. The van der Waals surface area contributed by atoms with Crippen molar-refractivity contribution in [2.75, 3.05) is 25.5 Å². The van der Waals surface area contributed by atoms with E-state index in [-0.39, 0.29) is 5.92 Å². The molecule has 38 heavy (non-hydrogen) atoms. The number of rotatable bonds is 5. The molecular weight excluding hydrogens is 470 g/mol. The number of nitrogens with zero attached hydrogens (tertiary/aromatic N) is 6. The molecule has 5 aromatic rings. The molecule has 7 heteroatoms. The molecule has 0 radical (unpaired) electrons. The maximum Gasteiger partial charge on any atom is 0.163 e. The van der Waals surface area contributed by atoms with Crippen LogP contribution in [0, 0.1) is 11.3 Å². The van der Waals surface area contributed by atoms with E-state index in [9.17, 15) is 5.26 Å². The molecule has 0 atom stereocenters. The van der Waals surface area contributed by atoms with Crippen LogP contribution >= 0.6 is 0 Å². The van der Waals surface area contributed by atoms with Crippen LogP contribution in [0.3, 0.4) is 0 Å². The molecule has 190 valence electrons. The van der Waals surface area contributed by atoms with Gasteiger partial charge >= 0.3 is 0 Å². The topological polar surface area (TPSA) is 82.7 Å². The van der Waals surface area contributed by atoms with E-state index in [0.29, 0.717) is 11.6 Å². The highest BCUT2D eigenvalue weighted by atomic mass is 15.3. The Morgan fingerprint density at radius 3 is 2.63 bits per heavy atom. The molecule has 2 aromatic carbocycles. The summed E-state index contributed by atoms with van der Waals surface area (Å²) < 4.78 is 1.92. The quantitative estimate of drug-likeness (QED) is 0.312. The highest BCUT2D eigenvalue weighted by Crippen LogP contribution is 2.35. The Bertz CT molecular complexity index is 1670. The monoisotopic (exact) mass is 501 g/mol. The van der Waals surface area contributed by atoms with Gasteiger partial charge in [0.25, 0.3) is 0 Å². The molecule has 6 rings (SSSR count). The first-order valence-electron chi connectivity index (χ1n) is 13.2. The Hall–Kier alpha value is -4.28. The maximum absolute atomic E-state index is 9.80. The van der Waals surface area contributed by atoms with Crippen molar-refractivity contribution in [3.63, 3.8) is 0 Å². The average Bonchev–Trinajstić information content (AvgIpc) is 3.34. The van der Waals surface area contributed by atoms with Crippen LogP contribution in [0.2, 0.25) is 0 Å². The zero-order valence-corrected chi connectivity index (χ0v) is 22.0. The molecule has 0 amide bonds. The molecule has 0 spiro atoms. The predicted octanol–water partition coefficient (Wildman–Crippen LogP) is 6.14. The van der Waals surface area contributed by atoms with Gasteiger partial charge in [-0.15, -0.1) is 0 Å². The van der Waals surface area contributed by atoms with Gasteiger partial charge in [0, 0.05) is 29.4 Å². The number of hydrogen-bond acceptors (Lipinski definition) is 6. The SMILES string of the molecule is CC(C)c1nn(-c2ccc(C#N)c(NC3CCN(C)CC3)c2)c2nccc(-c3cnc4ccccc4c3)c12. The second-order valence-electron chi connectivity index (χ2n) is 10.5. The van der Waals surface area contributed by atoms with Crippen LogP contribution in [0.5, 0.6) is 0 Å². The lowest BCUT2D eigenvalue weighted by molar-refractivity contribution is 0.264. The fraction of sp³-hybridized carbons (Fsp3) is 0.290. The summed E-state index contributed by atoms with van der Waals surface area (Å²) in [5.74, 6) is 0.199. The molecule has 1 aliphatic heterocycles. The summed E-state index contributed by atoms with van der Waals surface area (Å²) in [6.45, 7) is 6.43. The smallest absolute Gasteiger partial charge is 0.163 e. The normalized spacial score (nSPS) is 14.8. The highest BCUT2D eigenvalue weighted by molar-refractivity contribution is 5.97. The van der Waals surface area contributed by atoms with Crippen LogP contribution in [0.15, 0.2) is 67.0 Å². The number of aromatic nitrogens is 4. The van der Waals surface area contributed by atoms with Gasteiger partial charge in [0.05, 0.1) is 33.5 Å². The van der Waals surface area contributed by atoms with Crippen LogP contribution in [0.25, 0.3) is 38.8 Å². The second kappa shape index (κ2) is 9.88. The third-order valence-corrected chi connectivity index (χ3v) is 7.49.